The van der Waals surface area contributed by atoms with Gasteiger partial charge in [0.2, 0.25) is 5.91 Å². The Morgan fingerprint density at radius 2 is 1.66 bits per heavy atom. The fourth-order valence-electron chi connectivity index (χ4n) is 5.21. The molecule has 0 aliphatic heterocycles. The molecule has 4 rings (SSSR count). The van der Waals surface area contributed by atoms with E-state index in [9.17, 15) is 24.0 Å². The third kappa shape index (κ3) is 10.5. The Hall–Kier alpha value is -6.05. The molecule has 1 atom stereocenters. The van der Waals surface area contributed by atoms with Crippen LogP contribution in [0.3, 0.4) is 0 Å². The molecular formula is C39H46N6O8. The van der Waals surface area contributed by atoms with Crippen molar-refractivity contribution in [3.63, 3.8) is 0 Å². The molecule has 0 radical (unpaired) electrons. The van der Waals surface area contributed by atoms with Gasteiger partial charge in [0.05, 0.1) is 14.2 Å². The molecule has 1 aromatic heterocycles. The quantitative estimate of drug-likeness (QED) is 0.0849. The highest BCUT2D eigenvalue weighted by atomic mass is 16.6. The first-order valence-corrected chi connectivity index (χ1v) is 17.1. The second-order valence-corrected chi connectivity index (χ2v) is 13.8. The fourth-order valence-corrected chi connectivity index (χ4v) is 5.21. The van der Waals surface area contributed by atoms with E-state index in [4.69, 9.17) is 19.6 Å². The Balaban J connectivity index is 1.58. The molecule has 1 heterocycles. The van der Waals surface area contributed by atoms with Gasteiger partial charge in [-0.1, -0.05) is 26.5 Å². The van der Waals surface area contributed by atoms with E-state index in [0.29, 0.717) is 35.0 Å². The maximum atomic E-state index is 13.9. The number of carbonyl (C=O) groups excluding carboxylic acids is 5. The van der Waals surface area contributed by atoms with Crippen molar-refractivity contribution in [2.24, 2.45) is 11.8 Å². The number of benzene rings is 2. The van der Waals surface area contributed by atoms with Gasteiger partial charge in [-0.25, -0.2) is 14.6 Å². The fraction of sp³-hybridized carbons (Fsp3) is 0.359. The minimum atomic E-state index is -0.960. The van der Waals surface area contributed by atoms with Crippen LogP contribution in [0.4, 0.5) is 10.5 Å². The molecule has 0 saturated heterocycles. The number of alkyl carbamates (subject to hydrolysis) is 1. The largest absolute Gasteiger partial charge is 0.496 e. The number of nitrogens with one attached hydrogen (secondary N) is 5. The first-order valence-electron chi connectivity index (χ1n) is 17.1. The van der Waals surface area contributed by atoms with Gasteiger partial charge in [0.1, 0.15) is 28.9 Å². The zero-order chi connectivity index (χ0) is 39.0. The van der Waals surface area contributed by atoms with E-state index in [-0.39, 0.29) is 39.8 Å². The number of amides is 4. The number of aromatic nitrogens is 1. The minimum absolute atomic E-state index is 0.0244. The number of hydrogen-bond acceptors (Lipinski definition) is 10. The van der Waals surface area contributed by atoms with Crippen molar-refractivity contribution in [2.75, 3.05) is 26.1 Å². The van der Waals surface area contributed by atoms with Crippen LogP contribution in [-0.4, -0.2) is 73.0 Å². The van der Waals surface area contributed by atoms with Crippen molar-refractivity contribution in [1.82, 2.24) is 20.9 Å². The number of esters is 1. The van der Waals surface area contributed by atoms with Crippen LogP contribution in [0.25, 0.3) is 17.2 Å². The van der Waals surface area contributed by atoms with Crippen LogP contribution < -0.4 is 26.0 Å². The number of amidine groups is 1. The summed E-state index contributed by atoms with van der Waals surface area (Å²) in [7, 11) is 2.65. The molecule has 280 valence electrons. The van der Waals surface area contributed by atoms with E-state index in [2.05, 4.69) is 32.8 Å². The molecule has 0 unspecified atom stereocenters. The maximum Gasteiger partial charge on any atom is 0.408 e. The average Bonchev–Trinajstić information content (AvgIpc) is 3.95. The molecule has 53 heavy (non-hydrogen) atoms. The van der Waals surface area contributed by atoms with E-state index >= 15 is 0 Å². The lowest BCUT2D eigenvalue weighted by Crippen LogP contribution is -2.52. The molecule has 3 aromatic rings. The van der Waals surface area contributed by atoms with Crippen molar-refractivity contribution in [1.29, 1.82) is 5.41 Å². The standard InChI is InChI=1S/C39H46N6O8/c1-9-23-18-28(27(19-30(23)51-7)26-16-17-29(43-32(26)37(49)52-8)35(47)41-20-22-10-11-22)34(46)42-25-14-12-24(13-15-25)33(40)45-36(48)31(21(2)3)44-38(50)53-39(4,5)6/h9,12-19,21-22,31H,1,10-11,20H2,2-8H3,(H,41,47)(H,42,46)(H,44,50)(H2,40,45,48)/t31-/m0/s1. The van der Waals surface area contributed by atoms with E-state index in [0.717, 1.165) is 12.8 Å². The van der Waals surface area contributed by atoms with Crippen molar-refractivity contribution in [3.05, 3.63) is 83.2 Å². The van der Waals surface area contributed by atoms with Crippen LogP contribution in [0.15, 0.2) is 55.1 Å². The van der Waals surface area contributed by atoms with Crippen LogP contribution in [0.5, 0.6) is 5.75 Å². The molecule has 2 aromatic carbocycles. The Kier molecular flexibility index (Phi) is 12.7. The second-order valence-electron chi connectivity index (χ2n) is 13.8. The number of methoxy groups -OCH3 is 2. The highest BCUT2D eigenvalue weighted by Gasteiger charge is 2.29. The summed E-state index contributed by atoms with van der Waals surface area (Å²) < 4.78 is 15.8. The number of hydrogen-bond donors (Lipinski definition) is 5. The third-order valence-electron chi connectivity index (χ3n) is 8.18. The summed E-state index contributed by atoms with van der Waals surface area (Å²) in [5, 5.41) is 19.2. The van der Waals surface area contributed by atoms with Crippen LogP contribution in [0.1, 0.15) is 89.9 Å². The summed E-state index contributed by atoms with van der Waals surface area (Å²) >= 11 is 0. The molecule has 0 spiro atoms. The lowest BCUT2D eigenvalue weighted by molar-refractivity contribution is -0.122. The van der Waals surface area contributed by atoms with Gasteiger partial charge in [-0.2, -0.15) is 0 Å². The molecule has 4 amide bonds. The van der Waals surface area contributed by atoms with E-state index < -0.39 is 41.4 Å². The van der Waals surface area contributed by atoms with Crippen molar-refractivity contribution in [3.8, 4) is 16.9 Å². The van der Waals surface area contributed by atoms with Gasteiger partial charge in [-0.15, -0.1) is 0 Å². The SMILES string of the molecule is C=Cc1cc(C(=O)Nc2ccc(C(=N)NC(=O)[C@@H](NC(=O)OC(C)(C)C)C(C)C)cc2)c(-c2ccc(C(=O)NCC3CC3)nc2C(=O)OC)cc1OC. The van der Waals surface area contributed by atoms with Crippen LogP contribution in [0, 0.1) is 17.2 Å². The zero-order valence-corrected chi connectivity index (χ0v) is 31.0. The third-order valence-corrected chi connectivity index (χ3v) is 8.18. The lowest BCUT2D eigenvalue weighted by atomic mass is 9.94. The summed E-state index contributed by atoms with van der Waals surface area (Å²) in [5.74, 6) is -2.09. The molecule has 1 saturated carbocycles. The number of rotatable bonds is 13. The first kappa shape index (κ1) is 39.7. The predicted octanol–water partition coefficient (Wildman–Crippen LogP) is 5.57. The molecule has 14 nitrogen and oxygen atoms in total. The summed E-state index contributed by atoms with van der Waals surface area (Å²) in [5.41, 5.74) is 0.961. The molecule has 14 heteroatoms. The maximum absolute atomic E-state index is 13.9. The number of nitrogens with zero attached hydrogens (tertiary/aromatic N) is 1. The van der Waals surface area contributed by atoms with E-state index in [1.165, 1.54) is 32.4 Å². The van der Waals surface area contributed by atoms with E-state index in [1.807, 2.05) is 0 Å². The molecule has 5 N–H and O–H groups in total. The highest BCUT2D eigenvalue weighted by molar-refractivity contribution is 6.12. The lowest BCUT2D eigenvalue weighted by Gasteiger charge is -2.25. The highest BCUT2D eigenvalue weighted by Crippen LogP contribution is 2.35. The minimum Gasteiger partial charge on any atom is -0.496 e. The van der Waals surface area contributed by atoms with Crippen molar-refractivity contribution >= 4 is 47.4 Å². The molecular weight excluding hydrogens is 680 g/mol. The van der Waals surface area contributed by atoms with Gasteiger partial charge in [0, 0.05) is 40.0 Å². The van der Waals surface area contributed by atoms with Crippen LogP contribution in [0.2, 0.25) is 0 Å². The van der Waals surface area contributed by atoms with Crippen molar-refractivity contribution in [2.45, 2.75) is 59.1 Å². The Morgan fingerprint density at radius 1 is 0.981 bits per heavy atom. The van der Waals surface area contributed by atoms with Gasteiger partial charge in [0.15, 0.2) is 5.69 Å². The summed E-state index contributed by atoms with van der Waals surface area (Å²) in [6.45, 7) is 13.0. The van der Waals surface area contributed by atoms with Crippen LogP contribution >= 0.6 is 0 Å². The van der Waals surface area contributed by atoms with Crippen molar-refractivity contribution < 1.29 is 38.2 Å². The Bertz CT molecular complexity index is 1910. The van der Waals surface area contributed by atoms with Gasteiger partial charge in [-0.05, 0) is 94.0 Å². The van der Waals surface area contributed by atoms with Crippen LogP contribution in [-0.2, 0) is 14.3 Å². The Labute approximate surface area is 308 Å². The van der Waals surface area contributed by atoms with Gasteiger partial charge >= 0.3 is 12.1 Å². The number of pyridine rings is 1. The topological polar surface area (TPSA) is 198 Å². The molecule has 1 fully saturated rings. The first-order chi connectivity index (χ1) is 25.0. The molecule has 0 bridgehead atoms. The summed E-state index contributed by atoms with van der Waals surface area (Å²) in [6, 6.07) is 11.4. The number of carbonyl (C=O) groups is 5. The summed E-state index contributed by atoms with van der Waals surface area (Å²) in [4.78, 5) is 69.4. The van der Waals surface area contributed by atoms with Gasteiger partial charge in [0.25, 0.3) is 11.8 Å². The van der Waals surface area contributed by atoms with Gasteiger partial charge < -0.3 is 35.5 Å². The Morgan fingerprint density at radius 3 is 2.23 bits per heavy atom. The zero-order valence-electron chi connectivity index (χ0n) is 31.0. The second kappa shape index (κ2) is 17.0. The van der Waals surface area contributed by atoms with Gasteiger partial charge in [-0.3, -0.25) is 19.8 Å². The van der Waals surface area contributed by atoms with E-state index in [1.54, 1.807) is 71.0 Å². The average molecular weight is 727 g/mol. The predicted molar refractivity (Wildman–Crippen MR) is 200 cm³/mol. The smallest absolute Gasteiger partial charge is 0.408 e. The number of anilines is 1. The molecule has 1 aliphatic carbocycles. The summed E-state index contributed by atoms with van der Waals surface area (Å²) in [6.07, 6.45) is 2.87. The monoisotopic (exact) mass is 726 g/mol. The number of ether oxygens (including phenoxy) is 3. The normalized spacial score (nSPS) is 12.9. The molecule has 1 aliphatic rings.